The number of rotatable bonds is 8. The van der Waals surface area contributed by atoms with Gasteiger partial charge in [-0.05, 0) is 50.7 Å². The van der Waals surface area contributed by atoms with E-state index in [-0.39, 0.29) is 0 Å². The van der Waals surface area contributed by atoms with Crippen molar-refractivity contribution in [3.8, 4) is 0 Å². The van der Waals surface area contributed by atoms with Gasteiger partial charge in [-0.2, -0.15) is 0 Å². The van der Waals surface area contributed by atoms with Crippen LogP contribution >= 0.6 is 0 Å². The summed E-state index contributed by atoms with van der Waals surface area (Å²) < 4.78 is 0. The molecule has 2 heteroatoms. The van der Waals surface area contributed by atoms with Crippen LogP contribution in [0, 0.1) is 5.41 Å². The first kappa shape index (κ1) is 15.9. The number of nitrogens with zero attached hydrogens (tertiary/aromatic N) is 1. The molecule has 0 aromatic rings. The van der Waals surface area contributed by atoms with Crippen LogP contribution in [0.4, 0.5) is 0 Å². The summed E-state index contributed by atoms with van der Waals surface area (Å²) in [5.74, 6) is 0. The maximum Gasteiger partial charge on any atom is 0.00559 e. The lowest BCUT2D eigenvalue weighted by Gasteiger charge is -2.26. The van der Waals surface area contributed by atoms with Gasteiger partial charge in [0.15, 0.2) is 0 Å². The van der Waals surface area contributed by atoms with E-state index in [1.807, 2.05) is 0 Å². The summed E-state index contributed by atoms with van der Waals surface area (Å²) in [4.78, 5) is 2.54. The molecule has 0 aromatic carbocycles. The van der Waals surface area contributed by atoms with E-state index in [9.17, 15) is 0 Å². The van der Waals surface area contributed by atoms with Crippen LogP contribution in [-0.2, 0) is 0 Å². The highest BCUT2D eigenvalue weighted by Gasteiger charge is 2.16. The van der Waals surface area contributed by atoms with Crippen LogP contribution in [0.3, 0.4) is 0 Å². The Morgan fingerprint density at radius 2 is 1.50 bits per heavy atom. The molecule has 0 saturated carbocycles. The smallest absolute Gasteiger partial charge is 0.00559 e. The van der Waals surface area contributed by atoms with Crippen molar-refractivity contribution in [3.05, 3.63) is 0 Å². The topological polar surface area (TPSA) is 29.3 Å². The second-order valence-corrected chi connectivity index (χ2v) is 6.16. The summed E-state index contributed by atoms with van der Waals surface area (Å²) in [5.41, 5.74) is 6.53. The van der Waals surface area contributed by atoms with Crippen LogP contribution < -0.4 is 5.73 Å². The third-order valence-corrected chi connectivity index (χ3v) is 2.77. The van der Waals surface area contributed by atoms with Crippen molar-refractivity contribution in [1.82, 2.24) is 4.90 Å². The Bertz CT molecular complexity index is 155. The Kier molecular flexibility index (Phi) is 8.04. The Hall–Kier alpha value is -0.0800. The molecule has 0 saturated heterocycles. The first-order valence-corrected chi connectivity index (χ1v) is 6.87. The van der Waals surface area contributed by atoms with Crippen LogP contribution in [0.2, 0.25) is 0 Å². The third-order valence-electron chi connectivity index (χ3n) is 2.77. The molecule has 2 nitrogen and oxygen atoms in total. The molecule has 98 valence electrons. The van der Waals surface area contributed by atoms with Gasteiger partial charge in [-0.3, -0.25) is 0 Å². The van der Waals surface area contributed by atoms with Crippen LogP contribution in [0.1, 0.15) is 60.3 Å². The minimum Gasteiger partial charge on any atom is -0.328 e. The van der Waals surface area contributed by atoms with Crippen LogP contribution in [0.25, 0.3) is 0 Å². The van der Waals surface area contributed by atoms with Gasteiger partial charge < -0.3 is 10.6 Å². The normalized spacial score (nSPS) is 14.4. The Balaban J connectivity index is 3.81. The van der Waals surface area contributed by atoms with Gasteiger partial charge in [0.2, 0.25) is 0 Å². The van der Waals surface area contributed by atoms with Crippen molar-refractivity contribution in [1.29, 1.82) is 0 Å². The number of hydrogen-bond donors (Lipinski definition) is 1. The van der Waals surface area contributed by atoms with E-state index in [2.05, 4.69) is 39.5 Å². The first-order chi connectivity index (χ1) is 7.39. The molecule has 0 aliphatic carbocycles. The van der Waals surface area contributed by atoms with Gasteiger partial charge in [0, 0.05) is 6.04 Å². The highest BCUT2D eigenvalue weighted by atomic mass is 15.1. The molecule has 0 amide bonds. The van der Waals surface area contributed by atoms with Crippen molar-refractivity contribution in [2.24, 2.45) is 11.1 Å². The standard InChI is InChI=1S/C14H32N2/c1-6-9-16(10-7-2)11-8-13(15)12-14(3,4)5/h13H,6-12,15H2,1-5H3. The van der Waals surface area contributed by atoms with Crippen molar-refractivity contribution in [3.63, 3.8) is 0 Å². The highest BCUT2D eigenvalue weighted by Crippen LogP contribution is 2.21. The summed E-state index contributed by atoms with van der Waals surface area (Å²) >= 11 is 0. The molecule has 0 heterocycles. The molecule has 0 fully saturated rings. The Morgan fingerprint density at radius 3 is 1.88 bits per heavy atom. The molecule has 0 spiro atoms. The zero-order valence-corrected chi connectivity index (χ0v) is 12.1. The van der Waals surface area contributed by atoms with E-state index in [4.69, 9.17) is 5.73 Å². The second kappa shape index (κ2) is 8.08. The summed E-state index contributed by atoms with van der Waals surface area (Å²) in [6.45, 7) is 14.9. The average Bonchev–Trinajstić information content (AvgIpc) is 2.12. The minimum absolute atomic E-state index is 0.358. The maximum absolute atomic E-state index is 6.17. The van der Waals surface area contributed by atoms with E-state index in [1.165, 1.54) is 32.5 Å². The van der Waals surface area contributed by atoms with Gasteiger partial charge in [-0.25, -0.2) is 0 Å². The number of hydrogen-bond acceptors (Lipinski definition) is 2. The third kappa shape index (κ3) is 9.17. The van der Waals surface area contributed by atoms with Gasteiger partial charge in [0.05, 0.1) is 0 Å². The van der Waals surface area contributed by atoms with E-state index < -0.39 is 0 Å². The molecular formula is C14H32N2. The fourth-order valence-corrected chi connectivity index (χ4v) is 2.20. The quantitative estimate of drug-likeness (QED) is 0.691. The van der Waals surface area contributed by atoms with Crippen molar-refractivity contribution in [2.75, 3.05) is 19.6 Å². The Morgan fingerprint density at radius 1 is 1.00 bits per heavy atom. The molecule has 0 radical (unpaired) electrons. The molecule has 0 aliphatic heterocycles. The SMILES string of the molecule is CCCN(CCC)CCC(N)CC(C)(C)C. The second-order valence-electron chi connectivity index (χ2n) is 6.16. The zero-order valence-electron chi connectivity index (χ0n) is 12.1. The zero-order chi connectivity index (χ0) is 12.6. The lowest BCUT2D eigenvalue weighted by Crippen LogP contribution is -2.33. The molecule has 2 N–H and O–H groups in total. The molecule has 0 bridgehead atoms. The highest BCUT2D eigenvalue weighted by molar-refractivity contribution is 4.73. The predicted molar refractivity (Wildman–Crippen MR) is 73.7 cm³/mol. The van der Waals surface area contributed by atoms with Crippen LogP contribution in [0.15, 0.2) is 0 Å². The fraction of sp³-hybridized carbons (Fsp3) is 1.00. The van der Waals surface area contributed by atoms with E-state index in [0.29, 0.717) is 11.5 Å². The lowest BCUT2D eigenvalue weighted by atomic mass is 9.87. The van der Waals surface area contributed by atoms with Crippen LogP contribution in [0.5, 0.6) is 0 Å². The molecule has 0 aliphatic rings. The van der Waals surface area contributed by atoms with E-state index in [0.717, 1.165) is 12.8 Å². The van der Waals surface area contributed by atoms with Crippen LogP contribution in [-0.4, -0.2) is 30.6 Å². The lowest BCUT2D eigenvalue weighted by molar-refractivity contribution is 0.247. The Labute approximate surface area is 103 Å². The van der Waals surface area contributed by atoms with E-state index >= 15 is 0 Å². The van der Waals surface area contributed by atoms with Crippen molar-refractivity contribution >= 4 is 0 Å². The van der Waals surface area contributed by atoms with Crippen molar-refractivity contribution < 1.29 is 0 Å². The fourth-order valence-electron chi connectivity index (χ4n) is 2.20. The van der Waals surface area contributed by atoms with E-state index in [1.54, 1.807) is 0 Å². The first-order valence-electron chi connectivity index (χ1n) is 6.87. The maximum atomic E-state index is 6.17. The molecule has 1 unspecified atom stereocenters. The molecule has 16 heavy (non-hydrogen) atoms. The summed E-state index contributed by atoms with van der Waals surface area (Å²) in [7, 11) is 0. The van der Waals surface area contributed by atoms with Gasteiger partial charge in [-0.1, -0.05) is 34.6 Å². The van der Waals surface area contributed by atoms with Gasteiger partial charge >= 0.3 is 0 Å². The summed E-state index contributed by atoms with van der Waals surface area (Å²) in [6, 6.07) is 0.358. The molecule has 0 aromatic heterocycles. The summed E-state index contributed by atoms with van der Waals surface area (Å²) in [6.07, 6.45) is 4.75. The summed E-state index contributed by atoms with van der Waals surface area (Å²) in [5, 5.41) is 0. The van der Waals surface area contributed by atoms with Crippen molar-refractivity contribution in [2.45, 2.75) is 66.3 Å². The largest absolute Gasteiger partial charge is 0.328 e. The van der Waals surface area contributed by atoms with Gasteiger partial charge in [0.1, 0.15) is 0 Å². The average molecular weight is 228 g/mol. The predicted octanol–water partition coefficient (Wildman–Crippen LogP) is 3.26. The molecule has 0 rings (SSSR count). The number of nitrogens with two attached hydrogens (primary N) is 1. The van der Waals surface area contributed by atoms with Gasteiger partial charge in [-0.15, -0.1) is 0 Å². The monoisotopic (exact) mass is 228 g/mol. The van der Waals surface area contributed by atoms with Gasteiger partial charge in [0.25, 0.3) is 0 Å². The minimum atomic E-state index is 0.358. The molecular weight excluding hydrogens is 196 g/mol. The molecule has 1 atom stereocenters.